The molecule has 0 fully saturated rings. The molecule has 0 saturated carbocycles. The molecule has 0 saturated heterocycles. The van der Waals surface area contributed by atoms with Gasteiger partial charge in [0.05, 0.1) is 23.3 Å². The van der Waals surface area contributed by atoms with Crippen LogP contribution in [-0.4, -0.2) is 19.9 Å². The van der Waals surface area contributed by atoms with Crippen molar-refractivity contribution in [1.29, 1.82) is 0 Å². The lowest BCUT2D eigenvalue weighted by molar-refractivity contribution is 0.302. The van der Waals surface area contributed by atoms with E-state index in [1.807, 2.05) is 6.20 Å². The second-order valence-corrected chi connectivity index (χ2v) is 7.70. The molecule has 1 aliphatic heterocycles. The highest BCUT2D eigenvalue weighted by atomic mass is 16.5. The zero-order chi connectivity index (χ0) is 20.2. The number of rotatable bonds is 3. The number of fused-ring (bicyclic) bond motifs is 6. The number of hydrogen-bond acceptors (Lipinski definition) is 3. The molecule has 0 radical (unpaired) electrons. The van der Waals surface area contributed by atoms with E-state index in [1.165, 1.54) is 22.3 Å². The fraction of sp³-hybridized carbons (Fsp3) is 0.120. The highest BCUT2D eigenvalue weighted by Gasteiger charge is 2.25. The van der Waals surface area contributed by atoms with Gasteiger partial charge in [-0.1, -0.05) is 19.2 Å². The minimum absolute atomic E-state index is 0.553. The summed E-state index contributed by atoms with van der Waals surface area (Å²) >= 11 is 0. The molecule has 1 aliphatic carbocycles. The summed E-state index contributed by atoms with van der Waals surface area (Å²) in [6.07, 6.45) is 7.24. The number of aromatic nitrogens is 4. The Morgan fingerprint density at radius 3 is 2.60 bits per heavy atom. The summed E-state index contributed by atoms with van der Waals surface area (Å²) in [4.78, 5) is 15.6. The fourth-order valence-corrected chi connectivity index (χ4v) is 4.46. The highest BCUT2D eigenvalue weighted by molar-refractivity contribution is 5.83. The predicted octanol–water partition coefficient (Wildman–Crippen LogP) is 5.41. The standard InChI is InChI=1S/C25H20N4O/c1-3-23-26-12-21(28-23)15-5-7-17-18-9-14-6-8-20-25(29-24(4-2)27-20)19(14)10-16(18)13-30-22(17)11-15/h3-5,7,9-12H,1-2,6,8,13H2,(H,26,28)(H,27,29). The van der Waals surface area contributed by atoms with Gasteiger partial charge < -0.3 is 14.7 Å². The Hall–Kier alpha value is -3.86. The van der Waals surface area contributed by atoms with E-state index < -0.39 is 0 Å². The lowest BCUT2D eigenvalue weighted by atomic mass is 9.85. The third-order valence-corrected chi connectivity index (χ3v) is 5.97. The van der Waals surface area contributed by atoms with Crippen molar-refractivity contribution in [3.8, 4) is 39.4 Å². The number of aromatic amines is 2. The van der Waals surface area contributed by atoms with Gasteiger partial charge in [-0.05, 0) is 65.9 Å². The number of benzene rings is 2. The van der Waals surface area contributed by atoms with Crippen LogP contribution in [0.25, 0.3) is 45.8 Å². The van der Waals surface area contributed by atoms with Crippen molar-refractivity contribution in [3.05, 3.63) is 78.2 Å². The molecule has 2 aromatic carbocycles. The molecule has 0 spiro atoms. The van der Waals surface area contributed by atoms with E-state index in [2.05, 4.69) is 63.4 Å². The lowest BCUT2D eigenvalue weighted by Gasteiger charge is -2.25. The Balaban J connectivity index is 1.44. The van der Waals surface area contributed by atoms with Crippen LogP contribution in [0.4, 0.5) is 0 Å². The Morgan fingerprint density at radius 1 is 0.900 bits per heavy atom. The maximum absolute atomic E-state index is 6.15. The van der Waals surface area contributed by atoms with E-state index in [-0.39, 0.29) is 0 Å². The monoisotopic (exact) mass is 392 g/mol. The summed E-state index contributed by atoms with van der Waals surface area (Å²) < 4.78 is 6.15. The van der Waals surface area contributed by atoms with Gasteiger partial charge in [0.15, 0.2) is 0 Å². The highest BCUT2D eigenvalue weighted by Crippen LogP contribution is 2.43. The second-order valence-electron chi connectivity index (χ2n) is 7.70. The first-order valence-electron chi connectivity index (χ1n) is 10.1. The number of hydrogen-bond donors (Lipinski definition) is 2. The molecule has 5 nitrogen and oxygen atoms in total. The van der Waals surface area contributed by atoms with Crippen molar-refractivity contribution < 1.29 is 4.74 Å². The van der Waals surface area contributed by atoms with Crippen molar-refractivity contribution in [2.24, 2.45) is 0 Å². The van der Waals surface area contributed by atoms with E-state index in [9.17, 15) is 0 Å². The largest absolute Gasteiger partial charge is 0.488 e. The van der Waals surface area contributed by atoms with Crippen LogP contribution in [0.15, 0.2) is 49.7 Å². The summed E-state index contributed by atoms with van der Waals surface area (Å²) in [6.45, 7) is 8.15. The van der Waals surface area contributed by atoms with Crippen molar-refractivity contribution in [1.82, 2.24) is 19.9 Å². The van der Waals surface area contributed by atoms with Crippen LogP contribution in [0.5, 0.6) is 5.75 Å². The van der Waals surface area contributed by atoms with Gasteiger partial charge in [-0.2, -0.15) is 0 Å². The summed E-state index contributed by atoms with van der Waals surface area (Å²) in [5.41, 5.74) is 10.4. The first-order valence-corrected chi connectivity index (χ1v) is 10.1. The zero-order valence-corrected chi connectivity index (χ0v) is 16.5. The van der Waals surface area contributed by atoms with Gasteiger partial charge >= 0.3 is 0 Å². The number of H-pyrrole nitrogens is 2. The topological polar surface area (TPSA) is 66.6 Å². The third kappa shape index (κ3) is 2.48. The maximum Gasteiger partial charge on any atom is 0.130 e. The van der Waals surface area contributed by atoms with E-state index in [4.69, 9.17) is 4.74 Å². The Bertz CT molecular complexity index is 1340. The number of ether oxygens (including phenoxy) is 1. The molecule has 2 aromatic heterocycles. The van der Waals surface area contributed by atoms with Gasteiger partial charge in [-0.15, -0.1) is 0 Å². The molecule has 30 heavy (non-hydrogen) atoms. The van der Waals surface area contributed by atoms with Gasteiger partial charge in [0.1, 0.15) is 24.0 Å². The summed E-state index contributed by atoms with van der Waals surface area (Å²) in [7, 11) is 0. The second kappa shape index (κ2) is 6.32. The summed E-state index contributed by atoms with van der Waals surface area (Å²) in [5.74, 6) is 2.50. The average Bonchev–Trinajstić information content (AvgIpc) is 3.44. The number of aryl methyl sites for hydroxylation is 2. The zero-order valence-electron chi connectivity index (χ0n) is 16.5. The molecule has 146 valence electrons. The normalized spacial score (nSPS) is 13.5. The van der Waals surface area contributed by atoms with Crippen LogP contribution < -0.4 is 4.74 Å². The van der Waals surface area contributed by atoms with Crippen molar-refractivity contribution in [3.63, 3.8) is 0 Å². The van der Waals surface area contributed by atoms with Crippen molar-refractivity contribution >= 4 is 12.2 Å². The molecule has 5 heteroatoms. The fourth-order valence-electron chi connectivity index (χ4n) is 4.46. The molecule has 0 bridgehead atoms. The molecule has 2 aliphatic rings. The maximum atomic E-state index is 6.15. The van der Waals surface area contributed by atoms with Crippen LogP contribution in [0.2, 0.25) is 0 Å². The quantitative estimate of drug-likeness (QED) is 0.490. The third-order valence-electron chi connectivity index (χ3n) is 5.97. The van der Waals surface area contributed by atoms with Crippen molar-refractivity contribution in [2.75, 3.05) is 0 Å². The van der Waals surface area contributed by atoms with Crippen LogP contribution >= 0.6 is 0 Å². The molecular formula is C25H20N4O. The van der Waals surface area contributed by atoms with Gasteiger partial charge in [0.2, 0.25) is 0 Å². The number of nitrogens with one attached hydrogen (secondary N) is 2. The first kappa shape index (κ1) is 17.0. The average molecular weight is 392 g/mol. The van der Waals surface area contributed by atoms with Crippen LogP contribution in [0.1, 0.15) is 28.5 Å². The van der Waals surface area contributed by atoms with Gasteiger partial charge in [0.25, 0.3) is 0 Å². The molecule has 0 unspecified atom stereocenters. The van der Waals surface area contributed by atoms with Crippen molar-refractivity contribution in [2.45, 2.75) is 19.4 Å². The SMILES string of the molecule is C=Cc1ncc(-c2ccc3c(c2)OCc2cc4c(cc2-3)CCc2nc(C=C)[nH]c2-4)[nH]1. The Kier molecular flexibility index (Phi) is 3.59. The van der Waals surface area contributed by atoms with Gasteiger partial charge in [0, 0.05) is 16.7 Å². The molecule has 0 amide bonds. The number of imidazole rings is 2. The molecule has 6 rings (SSSR count). The smallest absolute Gasteiger partial charge is 0.130 e. The lowest BCUT2D eigenvalue weighted by Crippen LogP contribution is -2.10. The van der Waals surface area contributed by atoms with E-state index in [0.717, 1.165) is 58.4 Å². The van der Waals surface area contributed by atoms with Gasteiger partial charge in [-0.25, -0.2) is 9.97 Å². The molecular weight excluding hydrogens is 372 g/mol. The van der Waals surface area contributed by atoms with E-state index in [0.29, 0.717) is 6.61 Å². The van der Waals surface area contributed by atoms with Gasteiger partial charge in [-0.3, -0.25) is 0 Å². The Labute approximate surface area is 174 Å². The molecule has 4 aromatic rings. The number of nitrogens with zero attached hydrogens (tertiary/aromatic N) is 2. The molecule has 2 N–H and O–H groups in total. The molecule has 0 atom stereocenters. The first-order chi connectivity index (χ1) is 14.7. The van der Waals surface area contributed by atoms with E-state index in [1.54, 1.807) is 12.2 Å². The summed E-state index contributed by atoms with van der Waals surface area (Å²) in [6, 6.07) is 10.9. The minimum atomic E-state index is 0.553. The Morgan fingerprint density at radius 2 is 1.77 bits per heavy atom. The van der Waals surface area contributed by atoms with Crippen LogP contribution in [0.3, 0.4) is 0 Å². The van der Waals surface area contributed by atoms with E-state index >= 15 is 0 Å². The molecule has 3 heterocycles. The summed E-state index contributed by atoms with van der Waals surface area (Å²) in [5, 5.41) is 0. The van der Waals surface area contributed by atoms with Crippen LogP contribution in [-0.2, 0) is 19.4 Å². The van der Waals surface area contributed by atoms with Crippen LogP contribution in [0, 0.1) is 0 Å². The minimum Gasteiger partial charge on any atom is -0.488 e. The predicted molar refractivity (Wildman–Crippen MR) is 119 cm³/mol.